The van der Waals surface area contributed by atoms with Gasteiger partial charge >= 0.3 is 5.97 Å². The summed E-state index contributed by atoms with van der Waals surface area (Å²) in [5, 5.41) is 8.83. The molecule has 0 radical (unpaired) electrons. The average Bonchev–Trinajstić information content (AvgIpc) is 2.64. The fourth-order valence-corrected chi connectivity index (χ4v) is 2.49. The van der Waals surface area contributed by atoms with Gasteiger partial charge in [0.2, 0.25) is 0 Å². The summed E-state index contributed by atoms with van der Waals surface area (Å²) >= 11 is 0. The first-order valence-electron chi connectivity index (χ1n) is 5.05. The van der Waals surface area contributed by atoms with Crippen molar-refractivity contribution in [2.24, 2.45) is 4.40 Å². The van der Waals surface area contributed by atoms with Crippen LogP contribution in [0.25, 0.3) is 0 Å². The molecule has 1 heterocycles. The van der Waals surface area contributed by atoms with Gasteiger partial charge in [-0.3, -0.25) is 0 Å². The van der Waals surface area contributed by atoms with E-state index in [1.54, 1.807) is 0 Å². The van der Waals surface area contributed by atoms with Gasteiger partial charge in [0.1, 0.15) is 18.2 Å². The first-order chi connectivity index (χ1) is 8.90. The summed E-state index contributed by atoms with van der Waals surface area (Å²) < 4.78 is 43.6. The maximum atomic E-state index is 12.7. The number of sulfonamides is 1. The third-order valence-electron chi connectivity index (χ3n) is 2.30. The third-order valence-corrected chi connectivity index (χ3v) is 3.63. The van der Waals surface area contributed by atoms with Crippen molar-refractivity contribution >= 4 is 22.2 Å². The van der Waals surface area contributed by atoms with Crippen molar-refractivity contribution in [3.05, 3.63) is 40.6 Å². The van der Waals surface area contributed by atoms with Crippen molar-refractivity contribution < 1.29 is 27.4 Å². The highest BCUT2D eigenvalue weighted by molar-refractivity contribution is 7.95. The minimum Gasteiger partial charge on any atom is -0.489 e. The summed E-state index contributed by atoms with van der Waals surface area (Å²) in [6, 6.07) is 5.02. The zero-order valence-corrected chi connectivity index (χ0v) is 10.2. The number of hydrogen-bond donors (Lipinski definition) is 1. The molecule has 100 valence electrons. The molecule has 8 heteroatoms. The van der Waals surface area contributed by atoms with E-state index in [4.69, 9.17) is 9.84 Å². The second-order valence-electron chi connectivity index (χ2n) is 3.61. The molecular weight excluding hydrogens is 277 g/mol. The molecule has 19 heavy (non-hydrogen) atoms. The van der Waals surface area contributed by atoms with Crippen LogP contribution in [0.15, 0.2) is 39.1 Å². The number of hydrogen-bond acceptors (Lipinski definition) is 4. The summed E-state index contributed by atoms with van der Waals surface area (Å²) in [7, 11) is -4.14. The van der Waals surface area contributed by atoms with Gasteiger partial charge in [-0.2, -0.15) is 12.8 Å². The minimum absolute atomic E-state index is 0.0585. The lowest BCUT2D eigenvalue weighted by Crippen LogP contribution is -2.12. The van der Waals surface area contributed by atoms with Crippen LogP contribution in [0, 0.1) is 5.82 Å². The molecule has 1 aromatic rings. The highest BCUT2D eigenvalue weighted by Gasteiger charge is 2.32. The Morgan fingerprint density at radius 1 is 1.32 bits per heavy atom. The van der Waals surface area contributed by atoms with Crippen LogP contribution in [0.4, 0.5) is 4.39 Å². The first kappa shape index (κ1) is 13.2. The van der Waals surface area contributed by atoms with Crippen LogP contribution in [-0.2, 0) is 14.8 Å². The maximum Gasteiger partial charge on any atom is 0.349 e. The molecule has 1 N–H and O–H groups in total. The van der Waals surface area contributed by atoms with Gasteiger partial charge in [0, 0.05) is 11.8 Å². The van der Waals surface area contributed by atoms with Gasteiger partial charge in [-0.1, -0.05) is 0 Å². The normalized spacial score (nSPS) is 16.7. The van der Waals surface area contributed by atoms with Crippen LogP contribution < -0.4 is 4.74 Å². The second-order valence-corrected chi connectivity index (χ2v) is 5.18. The smallest absolute Gasteiger partial charge is 0.349 e. The van der Waals surface area contributed by atoms with Crippen LogP contribution in [0.1, 0.15) is 0 Å². The van der Waals surface area contributed by atoms with E-state index in [-0.39, 0.29) is 17.9 Å². The number of nitrogens with zero attached hydrogens (tertiary/aromatic N) is 1. The lowest BCUT2D eigenvalue weighted by Gasteiger charge is -2.05. The number of halogens is 1. The number of carbonyl (C=O) groups is 1. The Labute approximate surface area is 107 Å². The van der Waals surface area contributed by atoms with Crippen molar-refractivity contribution in [2.45, 2.75) is 0 Å². The van der Waals surface area contributed by atoms with Crippen molar-refractivity contribution in [1.82, 2.24) is 0 Å². The van der Waals surface area contributed by atoms with Crippen LogP contribution in [0.2, 0.25) is 0 Å². The number of carboxylic acids is 1. The van der Waals surface area contributed by atoms with Crippen LogP contribution in [-0.4, -0.2) is 32.3 Å². The van der Waals surface area contributed by atoms with Crippen LogP contribution >= 0.6 is 0 Å². The van der Waals surface area contributed by atoms with E-state index in [0.29, 0.717) is 0 Å². The van der Waals surface area contributed by atoms with E-state index < -0.39 is 26.7 Å². The molecule has 0 aromatic heterocycles. The standard InChI is InChI=1S/C11H8FNO5S/c12-8-1-3-9(4-2-8)18-6-7-5-13-19(16,17)10(7)11(14)15/h1-5H,6H2,(H,14,15). The van der Waals surface area contributed by atoms with Crippen molar-refractivity contribution in [2.75, 3.05) is 6.61 Å². The van der Waals surface area contributed by atoms with Crippen LogP contribution in [0.3, 0.4) is 0 Å². The lowest BCUT2D eigenvalue weighted by atomic mass is 10.3. The molecule has 0 fully saturated rings. The molecule has 2 rings (SSSR count). The van der Waals surface area contributed by atoms with Gasteiger partial charge in [-0.25, -0.2) is 9.18 Å². The van der Waals surface area contributed by atoms with E-state index in [1.807, 2.05) is 0 Å². The zero-order valence-electron chi connectivity index (χ0n) is 9.41. The van der Waals surface area contributed by atoms with E-state index >= 15 is 0 Å². The van der Waals surface area contributed by atoms with Crippen molar-refractivity contribution in [3.63, 3.8) is 0 Å². The largest absolute Gasteiger partial charge is 0.489 e. The molecule has 1 aromatic carbocycles. The number of benzene rings is 1. The molecule has 1 aliphatic heterocycles. The van der Waals surface area contributed by atoms with Gasteiger partial charge in [0.15, 0.2) is 4.91 Å². The molecule has 0 aliphatic carbocycles. The second kappa shape index (κ2) is 4.81. The number of rotatable bonds is 4. The molecular formula is C11H8FNO5S. The highest BCUT2D eigenvalue weighted by atomic mass is 32.2. The molecule has 0 unspecified atom stereocenters. The van der Waals surface area contributed by atoms with Gasteiger partial charge in [-0.15, -0.1) is 0 Å². The van der Waals surface area contributed by atoms with E-state index in [9.17, 15) is 17.6 Å². The van der Waals surface area contributed by atoms with Crippen molar-refractivity contribution in [1.29, 1.82) is 0 Å². The summed E-state index contributed by atoms with van der Waals surface area (Å²) in [5.74, 6) is -1.74. The Kier molecular flexibility index (Phi) is 3.34. The van der Waals surface area contributed by atoms with Crippen molar-refractivity contribution in [3.8, 4) is 5.75 Å². The number of ether oxygens (including phenoxy) is 1. The molecule has 1 aliphatic rings. The average molecular weight is 285 g/mol. The van der Waals surface area contributed by atoms with Gasteiger partial charge in [0.25, 0.3) is 10.0 Å². The number of carboxylic acid groups (broad SMARTS) is 1. The first-order valence-corrected chi connectivity index (χ1v) is 6.49. The summed E-state index contributed by atoms with van der Waals surface area (Å²) in [4.78, 5) is 10.1. The molecule has 0 atom stereocenters. The predicted octanol–water partition coefficient (Wildman–Crippen LogP) is 0.957. The zero-order chi connectivity index (χ0) is 14.0. The molecule has 0 saturated heterocycles. The Morgan fingerprint density at radius 3 is 2.53 bits per heavy atom. The molecule has 0 amide bonds. The minimum atomic E-state index is -4.14. The maximum absolute atomic E-state index is 12.7. The summed E-state index contributed by atoms with van der Waals surface area (Å²) in [6.07, 6.45) is 0.933. The topological polar surface area (TPSA) is 93.0 Å². The Bertz CT molecular complexity index is 676. The van der Waals surface area contributed by atoms with E-state index in [1.165, 1.54) is 24.3 Å². The van der Waals surface area contributed by atoms with E-state index in [0.717, 1.165) is 6.21 Å². The van der Waals surface area contributed by atoms with E-state index in [2.05, 4.69) is 4.40 Å². The molecule has 6 nitrogen and oxygen atoms in total. The highest BCUT2D eigenvalue weighted by Crippen LogP contribution is 2.21. The van der Waals surface area contributed by atoms with Gasteiger partial charge in [0.05, 0.1) is 0 Å². The SMILES string of the molecule is O=C(O)C1=C(COc2ccc(F)cc2)C=NS1(=O)=O. The van der Waals surface area contributed by atoms with Gasteiger partial charge < -0.3 is 9.84 Å². The third kappa shape index (κ3) is 2.79. The monoisotopic (exact) mass is 285 g/mol. The number of aliphatic carboxylic acids is 1. The Hall–Kier alpha value is -2.22. The fourth-order valence-electron chi connectivity index (χ4n) is 1.45. The lowest BCUT2D eigenvalue weighted by molar-refractivity contribution is -0.131. The predicted molar refractivity (Wildman–Crippen MR) is 64.0 cm³/mol. The Morgan fingerprint density at radius 2 is 1.95 bits per heavy atom. The molecule has 0 bridgehead atoms. The van der Waals surface area contributed by atoms with Crippen LogP contribution in [0.5, 0.6) is 5.75 Å². The quantitative estimate of drug-likeness (QED) is 0.889. The van der Waals surface area contributed by atoms with Gasteiger partial charge in [-0.05, 0) is 24.3 Å². The molecule has 0 saturated carbocycles. The Balaban J connectivity index is 2.19. The fraction of sp³-hybridized carbons (Fsp3) is 0.0909. The summed E-state index contributed by atoms with van der Waals surface area (Å²) in [5.41, 5.74) is -0.0585. The summed E-state index contributed by atoms with van der Waals surface area (Å²) in [6.45, 7) is -0.282. The molecule has 0 spiro atoms.